The van der Waals surface area contributed by atoms with Gasteiger partial charge < -0.3 is 15.4 Å². The molecule has 0 aromatic carbocycles. The van der Waals surface area contributed by atoms with Crippen LogP contribution in [0, 0.1) is 17.8 Å². The summed E-state index contributed by atoms with van der Waals surface area (Å²) in [5.74, 6) is 1.76. The second kappa shape index (κ2) is 7.10. The summed E-state index contributed by atoms with van der Waals surface area (Å²) in [4.78, 5) is 14.5. The van der Waals surface area contributed by atoms with Gasteiger partial charge in [-0.3, -0.25) is 4.79 Å². The van der Waals surface area contributed by atoms with E-state index in [1.807, 2.05) is 0 Å². The zero-order valence-electron chi connectivity index (χ0n) is 13.9. The molecule has 0 radical (unpaired) electrons. The van der Waals surface area contributed by atoms with Gasteiger partial charge in [-0.1, -0.05) is 20.3 Å². The van der Waals surface area contributed by atoms with Crippen molar-refractivity contribution in [2.24, 2.45) is 23.5 Å². The van der Waals surface area contributed by atoms with Crippen LogP contribution in [-0.2, 0) is 9.53 Å². The third-order valence-corrected chi connectivity index (χ3v) is 5.81. The molecule has 122 valence electrons. The van der Waals surface area contributed by atoms with Crippen LogP contribution in [0.1, 0.15) is 52.4 Å². The van der Waals surface area contributed by atoms with Gasteiger partial charge >= 0.3 is 5.97 Å². The number of carbonyl (C=O) groups excluding carboxylic acids is 1. The molecule has 0 spiro atoms. The van der Waals surface area contributed by atoms with Crippen LogP contribution in [-0.4, -0.2) is 43.2 Å². The summed E-state index contributed by atoms with van der Waals surface area (Å²) >= 11 is 0. The Morgan fingerprint density at radius 3 is 2.57 bits per heavy atom. The lowest BCUT2D eigenvalue weighted by Gasteiger charge is -2.35. The Hall–Kier alpha value is -0.610. The summed E-state index contributed by atoms with van der Waals surface area (Å²) < 4.78 is 4.92. The van der Waals surface area contributed by atoms with E-state index in [9.17, 15) is 4.79 Å². The van der Waals surface area contributed by atoms with Crippen molar-refractivity contribution < 1.29 is 9.53 Å². The molecule has 4 heteroatoms. The second-order valence-electron chi connectivity index (χ2n) is 7.33. The van der Waals surface area contributed by atoms with Gasteiger partial charge in [0.15, 0.2) is 0 Å². The number of carbonyl (C=O) groups is 1. The highest BCUT2D eigenvalue weighted by molar-refractivity contribution is 5.81. The maximum Gasteiger partial charge on any atom is 0.326 e. The van der Waals surface area contributed by atoms with Gasteiger partial charge in [-0.15, -0.1) is 0 Å². The van der Waals surface area contributed by atoms with Crippen LogP contribution in [0.15, 0.2) is 0 Å². The lowest BCUT2D eigenvalue weighted by molar-refractivity contribution is -0.148. The van der Waals surface area contributed by atoms with E-state index in [0.717, 1.165) is 44.1 Å². The van der Waals surface area contributed by atoms with Crippen molar-refractivity contribution in [2.75, 3.05) is 26.7 Å². The Morgan fingerprint density at radius 2 is 2.00 bits per heavy atom. The number of nitrogens with two attached hydrogens (primary N) is 1. The van der Waals surface area contributed by atoms with E-state index in [4.69, 9.17) is 10.5 Å². The maximum atomic E-state index is 12.0. The van der Waals surface area contributed by atoms with Crippen LogP contribution in [0.4, 0.5) is 0 Å². The predicted molar refractivity (Wildman–Crippen MR) is 84.9 cm³/mol. The molecule has 2 unspecified atom stereocenters. The normalized spacial score (nSPS) is 31.8. The molecule has 1 aliphatic heterocycles. The molecule has 2 aliphatic rings. The topological polar surface area (TPSA) is 55.6 Å². The quantitative estimate of drug-likeness (QED) is 0.792. The summed E-state index contributed by atoms with van der Waals surface area (Å²) in [6.45, 7) is 8.14. The first-order valence-corrected chi connectivity index (χ1v) is 8.57. The molecular weight excluding hydrogens is 264 g/mol. The zero-order chi connectivity index (χ0) is 15.5. The van der Waals surface area contributed by atoms with Crippen molar-refractivity contribution >= 4 is 5.97 Å². The fourth-order valence-electron chi connectivity index (χ4n) is 4.14. The molecule has 0 bridgehead atoms. The summed E-state index contributed by atoms with van der Waals surface area (Å²) in [6.07, 6.45) is 6.54. The number of hydrogen-bond donors (Lipinski definition) is 1. The number of ether oxygens (including phenoxy) is 1. The van der Waals surface area contributed by atoms with Gasteiger partial charge in [-0.05, 0) is 69.5 Å². The highest BCUT2D eigenvalue weighted by Crippen LogP contribution is 2.37. The van der Waals surface area contributed by atoms with E-state index < -0.39 is 5.54 Å². The average molecular weight is 296 g/mol. The number of nitrogens with zero attached hydrogens (tertiary/aromatic N) is 1. The third kappa shape index (κ3) is 3.78. The molecule has 1 saturated heterocycles. The molecular formula is C17H32N2O2. The predicted octanol–water partition coefficient (Wildman–Crippen LogP) is 2.42. The first kappa shape index (κ1) is 16.8. The maximum absolute atomic E-state index is 12.0. The molecule has 2 rings (SSSR count). The lowest BCUT2D eigenvalue weighted by atomic mass is 9.84. The fraction of sp³-hybridized carbons (Fsp3) is 0.941. The Bertz CT molecular complexity index is 351. The van der Waals surface area contributed by atoms with E-state index in [1.54, 1.807) is 0 Å². The standard InChI is InChI=1S/C17H32N2O2/c1-13(2)14-6-10-19(11-7-14)12-8-15-5-4-9-17(15,18)16(20)21-3/h13-15H,4-12,18H2,1-3H3. The van der Waals surface area contributed by atoms with Crippen molar-refractivity contribution in [3.05, 3.63) is 0 Å². The van der Waals surface area contributed by atoms with Crippen LogP contribution >= 0.6 is 0 Å². The fourth-order valence-corrected chi connectivity index (χ4v) is 4.14. The molecule has 0 aromatic heterocycles. The van der Waals surface area contributed by atoms with Crippen LogP contribution in [0.5, 0.6) is 0 Å². The van der Waals surface area contributed by atoms with Gasteiger partial charge in [-0.25, -0.2) is 0 Å². The monoisotopic (exact) mass is 296 g/mol. The SMILES string of the molecule is COC(=O)C1(N)CCCC1CCN1CCC(C(C)C)CC1. The average Bonchev–Trinajstić information content (AvgIpc) is 2.87. The van der Waals surface area contributed by atoms with E-state index in [-0.39, 0.29) is 11.9 Å². The van der Waals surface area contributed by atoms with Crippen molar-refractivity contribution in [1.29, 1.82) is 0 Å². The number of methoxy groups -OCH3 is 1. The molecule has 2 atom stereocenters. The molecule has 1 aliphatic carbocycles. The molecule has 0 amide bonds. The largest absolute Gasteiger partial charge is 0.468 e. The van der Waals surface area contributed by atoms with Crippen molar-refractivity contribution in [2.45, 2.75) is 57.9 Å². The minimum Gasteiger partial charge on any atom is -0.468 e. The number of likely N-dealkylation sites (tertiary alicyclic amines) is 1. The van der Waals surface area contributed by atoms with Crippen LogP contribution in [0.3, 0.4) is 0 Å². The van der Waals surface area contributed by atoms with E-state index >= 15 is 0 Å². The van der Waals surface area contributed by atoms with Gasteiger partial charge in [0, 0.05) is 0 Å². The van der Waals surface area contributed by atoms with Crippen LogP contribution < -0.4 is 5.73 Å². The van der Waals surface area contributed by atoms with Gasteiger partial charge in [0.1, 0.15) is 5.54 Å². The number of esters is 1. The lowest BCUT2D eigenvalue weighted by Crippen LogP contribution is -2.52. The number of piperidine rings is 1. The smallest absolute Gasteiger partial charge is 0.326 e. The Labute approximate surface area is 129 Å². The Balaban J connectivity index is 1.79. The molecule has 0 aromatic rings. The van der Waals surface area contributed by atoms with E-state index in [0.29, 0.717) is 0 Å². The first-order valence-electron chi connectivity index (χ1n) is 8.57. The summed E-state index contributed by atoms with van der Waals surface area (Å²) in [5, 5.41) is 0. The number of hydrogen-bond acceptors (Lipinski definition) is 4. The van der Waals surface area contributed by atoms with Crippen molar-refractivity contribution in [1.82, 2.24) is 4.90 Å². The third-order valence-electron chi connectivity index (χ3n) is 5.81. The molecule has 2 N–H and O–H groups in total. The van der Waals surface area contributed by atoms with E-state index in [2.05, 4.69) is 18.7 Å². The molecule has 4 nitrogen and oxygen atoms in total. The van der Waals surface area contributed by atoms with Crippen molar-refractivity contribution in [3.8, 4) is 0 Å². The molecule has 2 fully saturated rings. The highest BCUT2D eigenvalue weighted by Gasteiger charge is 2.46. The van der Waals surface area contributed by atoms with Gasteiger partial charge in [0.05, 0.1) is 7.11 Å². The van der Waals surface area contributed by atoms with Gasteiger partial charge in [0.25, 0.3) is 0 Å². The molecule has 21 heavy (non-hydrogen) atoms. The Kier molecular flexibility index (Phi) is 5.67. The number of rotatable bonds is 5. The van der Waals surface area contributed by atoms with Crippen LogP contribution in [0.2, 0.25) is 0 Å². The van der Waals surface area contributed by atoms with Gasteiger partial charge in [0.2, 0.25) is 0 Å². The molecule has 1 saturated carbocycles. The van der Waals surface area contributed by atoms with Crippen LogP contribution in [0.25, 0.3) is 0 Å². The Morgan fingerprint density at radius 1 is 1.33 bits per heavy atom. The zero-order valence-corrected chi connectivity index (χ0v) is 13.9. The minimum absolute atomic E-state index is 0.219. The highest BCUT2D eigenvalue weighted by atomic mass is 16.5. The molecule has 1 heterocycles. The van der Waals surface area contributed by atoms with Crippen molar-refractivity contribution in [3.63, 3.8) is 0 Å². The summed E-state index contributed by atoms with van der Waals surface area (Å²) in [7, 11) is 1.45. The summed E-state index contributed by atoms with van der Waals surface area (Å²) in [6, 6.07) is 0. The van der Waals surface area contributed by atoms with Gasteiger partial charge in [-0.2, -0.15) is 0 Å². The second-order valence-corrected chi connectivity index (χ2v) is 7.33. The minimum atomic E-state index is -0.731. The summed E-state index contributed by atoms with van der Waals surface area (Å²) in [5.41, 5.74) is 5.61. The van der Waals surface area contributed by atoms with E-state index in [1.165, 1.54) is 33.0 Å². The first-order chi connectivity index (χ1) is 9.97.